The third-order valence-electron chi connectivity index (χ3n) is 14.9. The van der Waals surface area contributed by atoms with Gasteiger partial charge in [-0.3, -0.25) is 19.2 Å². The van der Waals surface area contributed by atoms with E-state index in [-0.39, 0.29) is 35.3 Å². The van der Waals surface area contributed by atoms with Crippen molar-refractivity contribution in [2.24, 2.45) is 33.9 Å². The molecule has 0 N–H and O–H groups in total. The van der Waals surface area contributed by atoms with Gasteiger partial charge in [0.2, 0.25) is 4.80 Å². The molecule has 17 nitrogen and oxygen atoms in total. The molecule has 84 heavy (non-hydrogen) atoms. The van der Waals surface area contributed by atoms with E-state index < -0.39 is 35.7 Å². The van der Waals surface area contributed by atoms with E-state index in [2.05, 4.69) is 47.0 Å². The van der Waals surface area contributed by atoms with Crippen LogP contribution in [0.3, 0.4) is 0 Å². The van der Waals surface area contributed by atoms with Gasteiger partial charge in [-0.1, -0.05) is 62.8 Å². The minimum Gasteiger partial charge on any atom is -0.494 e. The molecular weight excluding hydrogens is 1090 g/mol. The van der Waals surface area contributed by atoms with Crippen molar-refractivity contribution < 1.29 is 66.7 Å². The van der Waals surface area contributed by atoms with E-state index in [0.29, 0.717) is 106 Å². The van der Waals surface area contributed by atoms with Crippen LogP contribution in [0.15, 0.2) is 127 Å². The lowest BCUT2D eigenvalue weighted by molar-refractivity contribution is -0.145. The number of thiazole rings is 1. The first-order valence-corrected chi connectivity index (χ1v) is 30.5. The number of hydrogen-bond donors (Lipinski definition) is 0. The second-order valence-electron chi connectivity index (χ2n) is 21.1. The Morgan fingerprint density at radius 2 is 0.940 bits per heavy atom. The number of aryl methyl sites for hydroxylation is 1. The number of ether oxygens (including phenoxy) is 8. The molecule has 448 valence electrons. The molecule has 2 aliphatic rings. The van der Waals surface area contributed by atoms with Gasteiger partial charge in [-0.2, -0.15) is 5.10 Å². The number of benzene rings is 4. The highest BCUT2D eigenvalue weighted by Gasteiger charge is 2.34. The van der Waals surface area contributed by atoms with Crippen LogP contribution < -0.4 is 33.2 Å². The number of rotatable bonds is 33. The molecule has 0 radical (unpaired) electrons. The average molecular weight is 1170 g/mol. The summed E-state index contributed by atoms with van der Waals surface area (Å²) in [6.07, 6.45) is 18.7. The summed E-state index contributed by atoms with van der Waals surface area (Å²) in [5.74, 6) is -1.48. The first-order valence-electron chi connectivity index (χ1n) is 29.7. The molecule has 2 fully saturated rings. The Kier molecular flexibility index (Phi) is 26.3. The van der Waals surface area contributed by atoms with Gasteiger partial charge in [-0.05, 0) is 188 Å². The lowest BCUT2D eigenvalue weighted by Crippen LogP contribution is -2.30. The summed E-state index contributed by atoms with van der Waals surface area (Å²) in [6, 6.07) is 26.8. The normalized spacial score (nSPS) is 17.0. The van der Waals surface area contributed by atoms with Gasteiger partial charge in [-0.25, -0.2) is 9.59 Å². The Hall–Kier alpha value is -7.86. The molecule has 4 aromatic carbocycles. The number of nitrogens with zero attached hydrogens (tertiary/aromatic N) is 3. The quantitative estimate of drug-likeness (QED) is 0.00957. The van der Waals surface area contributed by atoms with Crippen LogP contribution >= 0.6 is 11.3 Å². The molecule has 0 unspecified atom stereocenters. The Morgan fingerprint density at radius 1 is 0.512 bits per heavy atom. The molecule has 0 amide bonds. The van der Waals surface area contributed by atoms with Gasteiger partial charge in [-0.15, -0.1) is 5.10 Å². The highest BCUT2D eigenvalue weighted by Crippen LogP contribution is 2.35. The Bertz CT molecular complexity index is 3060. The average Bonchev–Trinajstić information content (AvgIpc) is 4.14. The van der Waals surface area contributed by atoms with Crippen molar-refractivity contribution in [2.45, 2.75) is 142 Å². The van der Waals surface area contributed by atoms with Gasteiger partial charge in [0.15, 0.2) is 0 Å². The number of hydrogen-bond acceptors (Lipinski definition) is 17. The van der Waals surface area contributed by atoms with Crippen LogP contribution in [-0.4, -0.2) is 73.0 Å². The van der Waals surface area contributed by atoms with Crippen LogP contribution in [0.2, 0.25) is 0 Å². The van der Waals surface area contributed by atoms with Crippen LogP contribution in [0.25, 0.3) is 10.2 Å². The van der Waals surface area contributed by atoms with Crippen molar-refractivity contribution in [3.05, 3.63) is 127 Å². The van der Waals surface area contributed by atoms with Crippen molar-refractivity contribution in [2.75, 3.05) is 26.4 Å². The van der Waals surface area contributed by atoms with Crippen molar-refractivity contribution in [1.29, 1.82) is 0 Å². The summed E-state index contributed by atoms with van der Waals surface area (Å²) in [7, 11) is 0. The molecule has 7 rings (SSSR count). The minimum absolute atomic E-state index is 0.218. The van der Waals surface area contributed by atoms with Crippen LogP contribution in [-0.2, 0) is 44.8 Å². The van der Waals surface area contributed by atoms with Gasteiger partial charge >= 0.3 is 35.8 Å². The number of para-hydroxylation sites is 1. The van der Waals surface area contributed by atoms with Crippen LogP contribution in [0.4, 0.5) is 0 Å². The number of unbranched alkanes of at least 4 members (excludes halogenated alkanes) is 9. The Labute approximate surface area is 496 Å². The van der Waals surface area contributed by atoms with Gasteiger partial charge in [0, 0.05) is 24.3 Å². The number of esters is 6. The van der Waals surface area contributed by atoms with E-state index >= 15 is 0 Å². The first-order chi connectivity index (χ1) is 41.0. The zero-order chi connectivity index (χ0) is 59.3. The summed E-state index contributed by atoms with van der Waals surface area (Å²) < 4.78 is 48.5. The fourth-order valence-electron chi connectivity index (χ4n) is 10.0. The Balaban J connectivity index is 0.910. The van der Waals surface area contributed by atoms with Crippen molar-refractivity contribution >= 4 is 63.6 Å². The van der Waals surface area contributed by atoms with Crippen molar-refractivity contribution in [3.63, 3.8) is 0 Å². The molecule has 1 aromatic heterocycles. The molecule has 18 heteroatoms. The number of fused-ring (bicyclic) bond motifs is 1. The maximum Gasteiger partial charge on any atom is 0.330 e. The minimum atomic E-state index is -0.466. The van der Waals surface area contributed by atoms with E-state index in [1.807, 2.05) is 12.1 Å². The predicted octanol–water partition coefficient (Wildman–Crippen LogP) is 13.2. The molecule has 0 saturated heterocycles. The number of aromatic nitrogens is 1. The lowest BCUT2D eigenvalue weighted by atomic mass is 9.82. The summed E-state index contributed by atoms with van der Waals surface area (Å²) in [5, 5.41) is 9.19. The first kappa shape index (κ1) is 63.7. The topological polar surface area (TPSA) is 206 Å². The van der Waals surface area contributed by atoms with Gasteiger partial charge in [0.05, 0.1) is 66.5 Å². The van der Waals surface area contributed by atoms with E-state index in [1.54, 1.807) is 66.7 Å². The molecule has 0 bridgehead atoms. The van der Waals surface area contributed by atoms with Crippen LogP contribution in [0.1, 0.15) is 141 Å². The molecular formula is C66H79N3O14S. The molecule has 5 aromatic rings. The highest BCUT2D eigenvalue weighted by molar-refractivity contribution is 7.16. The van der Waals surface area contributed by atoms with Crippen molar-refractivity contribution in [3.8, 4) is 34.5 Å². The van der Waals surface area contributed by atoms with E-state index in [1.165, 1.54) is 17.6 Å². The largest absolute Gasteiger partial charge is 0.494 e. The molecule has 0 aliphatic heterocycles. The number of carbonyl (C=O) groups is 6. The van der Waals surface area contributed by atoms with Gasteiger partial charge in [0.25, 0.3) is 0 Å². The SMILES string of the molecule is C=CC(=O)OCCCCCCOc1ccc(OC(=O)C2CCC(C(=O)Oc3ccc(OC(=O)C4CCC(C(=O)Oc5ccc(OCCCCCCOC(=O)C=C)cc5)CC4)c(/C=N/N=c4\sc5ccccc5n4CCCCCC)c3)CC2)cc1. The van der Waals surface area contributed by atoms with E-state index in [9.17, 15) is 28.8 Å². The highest BCUT2D eigenvalue weighted by atomic mass is 32.1. The van der Waals surface area contributed by atoms with E-state index in [0.717, 1.165) is 111 Å². The maximum absolute atomic E-state index is 13.9. The van der Waals surface area contributed by atoms with E-state index in [4.69, 9.17) is 37.9 Å². The fraction of sp³-hybridized carbons (Fsp3) is 0.455. The lowest BCUT2D eigenvalue weighted by Gasteiger charge is -2.26. The molecule has 0 spiro atoms. The van der Waals surface area contributed by atoms with Crippen LogP contribution in [0.5, 0.6) is 34.5 Å². The summed E-state index contributed by atoms with van der Waals surface area (Å²) in [4.78, 5) is 77.1. The smallest absolute Gasteiger partial charge is 0.330 e. The fourth-order valence-corrected chi connectivity index (χ4v) is 11.0. The van der Waals surface area contributed by atoms with Crippen molar-refractivity contribution in [1.82, 2.24) is 4.57 Å². The maximum atomic E-state index is 13.9. The summed E-state index contributed by atoms with van der Waals surface area (Å²) in [6.45, 7) is 11.6. The Morgan fingerprint density at radius 3 is 1.43 bits per heavy atom. The van der Waals surface area contributed by atoms with Crippen LogP contribution in [0, 0.1) is 23.7 Å². The second kappa shape index (κ2) is 34.7. The molecule has 2 aliphatic carbocycles. The zero-order valence-electron chi connectivity index (χ0n) is 48.3. The molecule has 0 atom stereocenters. The predicted molar refractivity (Wildman–Crippen MR) is 320 cm³/mol. The summed E-state index contributed by atoms with van der Waals surface area (Å²) >= 11 is 1.54. The monoisotopic (exact) mass is 1170 g/mol. The third-order valence-corrected chi connectivity index (χ3v) is 15.9. The molecule has 2 saturated carbocycles. The van der Waals surface area contributed by atoms with Gasteiger partial charge < -0.3 is 42.5 Å². The third kappa shape index (κ3) is 20.8. The standard InChI is InChI=1S/C66H79N3O14S/c1-4-7-8-15-40-69-57-20-13-14-21-59(57)84-66(69)68-67-46-51-45-56(82-64(74)49-24-22-47(23-25-49)62(72)80-54-34-30-52(31-35-54)76-41-16-9-11-18-43-78-60(70)5-2)38-39-58(51)83-65(75)50-28-26-48(27-29-50)63(73)81-55-36-32-53(33-37-55)77-42-17-10-12-19-44-79-61(71)6-3/h5-6,13-14,20-21,30-39,45-50H,2-4,7-12,15-19,22-29,40-44H2,1H3/b67-46+,68-66-. The van der Waals surface area contributed by atoms with Gasteiger partial charge in [0.1, 0.15) is 34.5 Å². The molecule has 1 heterocycles. The number of carbonyl (C=O) groups excluding carboxylic acids is 6. The zero-order valence-corrected chi connectivity index (χ0v) is 49.1. The summed E-state index contributed by atoms with van der Waals surface area (Å²) in [5.41, 5.74) is 1.46. The second-order valence-corrected chi connectivity index (χ2v) is 22.1.